The Bertz CT molecular complexity index is 1320. The molecule has 0 radical (unpaired) electrons. The third kappa shape index (κ3) is 3.95. The van der Waals surface area contributed by atoms with Crippen molar-refractivity contribution in [3.8, 4) is 0 Å². The van der Waals surface area contributed by atoms with Crippen molar-refractivity contribution in [2.45, 2.75) is 75.6 Å². The van der Waals surface area contributed by atoms with Crippen LogP contribution in [0.1, 0.15) is 80.5 Å². The second-order valence-corrected chi connectivity index (χ2v) is 11.7. The van der Waals surface area contributed by atoms with Crippen LogP contribution in [0.25, 0.3) is 0 Å². The van der Waals surface area contributed by atoms with Crippen LogP contribution in [0.15, 0.2) is 27.5 Å². The number of fused-ring (bicyclic) bond motifs is 1. The van der Waals surface area contributed by atoms with Crippen molar-refractivity contribution in [3.05, 3.63) is 52.6 Å². The van der Waals surface area contributed by atoms with Gasteiger partial charge in [-0.05, 0) is 38.3 Å². The Balaban J connectivity index is 1.30. The molecule has 1 saturated carbocycles. The van der Waals surface area contributed by atoms with E-state index in [4.69, 9.17) is 9.40 Å². The summed E-state index contributed by atoms with van der Waals surface area (Å²) in [6.45, 7) is 8.32. The predicted molar refractivity (Wildman–Crippen MR) is 122 cm³/mol. The Morgan fingerprint density at radius 1 is 1.21 bits per heavy atom. The van der Waals surface area contributed by atoms with Crippen LogP contribution in [0.3, 0.4) is 0 Å². The SMILES string of the molecule is Cc1nc(C2CCC(c3cc(Nc4ccc5c(c4F)CNS5(=O)=O)n[nH]3)C2)oc1C(C)(C)C. The lowest BCUT2D eigenvalue weighted by molar-refractivity contribution is 0.361. The summed E-state index contributed by atoms with van der Waals surface area (Å²) in [7, 11) is -3.61. The number of nitrogens with zero attached hydrogens (tertiary/aromatic N) is 2. The van der Waals surface area contributed by atoms with E-state index in [1.54, 1.807) is 0 Å². The van der Waals surface area contributed by atoms with Gasteiger partial charge in [0, 0.05) is 41.1 Å². The maximum atomic E-state index is 14.8. The minimum Gasteiger partial charge on any atom is -0.445 e. The fourth-order valence-corrected chi connectivity index (χ4v) is 6.11. The highest BCUT2D eigenvalue weighted by molar-refractivity contribution is 7.89. The van der Waals surface area contributed by atoms with Crippen molar-refractivity contribution >= 4 is 21.5 Å². The van der Waals surface area contributed by atoms with Crippen LogP contribution in [0.5, 0.6) is 0 Å². The van der Waals surface area contributed by atoms with Gasteiger partial charge in [0.1, 0.15) is 5.76 Å². The molecular weight excluding hydrogens is 445 g/mol. The standard InChI is InChI=1S/C23H28FN5O3S/c1-12-21(23(2,3)4)32-22(26-12)14-6-5-13(9-14)17-10-19(29-28-17)27-16-7-8-18-15(20(16)24)11-25-33(18,30)31/h7-8,10,13-14,25H,5-6,9,11H2,1-4H3,(H2,27,28,29). The average molecular weight is 474 g/mol. The van der Waals surface area contributed by atoms with Gasteiger partial charge < -0.3 is 9.73 Å². The number of hydrogen-bond acceptors (Lipinski definition) is 6. The number of aryl methyl sites for hydroxylation is 1. The zero-order valence-corrected chi connectivity index (χ0v) is 19.9. The van der Waals surface area contributed by atoms with Crippen LogP contribution in [0.2, 0.25) is 0 Å². The van der Waals surface area contributed by atoms with E-state index in [9.17, 15) is 12.8 Å². The molecule has 8 nitrogen and oxygen atoms in total. The highest BCUT2D eigenvalue weighted by Gasteiger charge is 2.34. The zero-order valence-electron chi connectivity index (χ0n) is 19.1. The van der Waals surface area contributed by atoms with Gasteiger partial charge in [-0.25, -0.2) is 22.5 Å². The summed E-state index contributed by atoms with van der Waals surface area (Å²) in [6.07, 6.45) is 2.87. The first-order chi connectivity index (χ1) is 15.5. The molecule has 0 amide bonds. The molecule has 1 fully saturated rings. The molecule has 2 aliphatic rings. The molecular formula is C23H28FN5O3S. The van der Waals surface area contributed by atoms with E-state index in [0.29, 0.717) is 5.82 Å². The fraction of sp³-hybridized carbons (Fsp3) is 0.478. The Kier molecular flexibility index (Phi) is 5.13. The third-order valence-corrected chi connectivity index (χ3v) is 7.99. The van der Waals surface area contributed by atoms with Crippen LogP contribution in [-0.4, -0.2) is 23.6 Å². The summed E-state index contributed by atoms with van der Waals surface area (Å²) in [4.78, 5) is 4.69. The van der Waals surface area contributed by atoms with Crippen molar-refractivity contribution < 1.29 is 17.2 Å². The molecule has 2 unspecified atom stereocenters. The highest BCUT2D eigenvalue weighted by Crippen LogP contribution is 2.44. The van der Waals surface area contributed by atoms with Crippen molar-refractivity contribution in [3.63, 3.8) is 0 Å². The zero-order chi connectivity index (χ0) is 23.5. The van der Waals surface area contributed by atoms with Crippen molar-refractivity contribution in [2.24, 2.45) is 0 Å². The molecule has 0 saturated heterocycles. The summed E-state index contributed by atoms with van der Waals surface area (Å²) in [5.74, 6) is 2.19. The molecule has 2 aromatic heterocycles. The Morgan fingerprint density at radius 3 is 2.70 bits per heavy atom. The Morgan fingerprint density at radius 2 is 1.97 bits per heavy atom. The van der Waals surface area contributed by atoms with Gasteiger partial charge in [-0.2, -0.15) is 5.10 Å². The lowest BCUT2D eigenvalue weighted by atomic mass is 9.92. The summed E-state index contributed by atoms with van der Waals surface area (Å²) < 4.78 is 47.1. The number of halogens is 1. The molecule has 2 atom stereocenters. The van der Waals surface area contributed by atoms with Gasteiger partial charge in [0.05, 0.1) is 16.3 Å². The Labute approximate surface area is 192 Å². The first-order valence-corrected chi connectivity index (χ1v) is 12.6. The number of hydrogen-bond donors (Lipinski definition) is 3. The molecule has 1 aliphatic heterocycles. The summed E-state index contributed by atoms with van der Waals surface area (Å²) >= 11 is 0. The van der Waals surface area contributed by atoms with E-state index in [-0.39, 0.29) is 39.9 Å². The number of aromatic amines is 1. The first-order valence-electron chi connectivity index (χ1n) is 11.1. The molecule has 3 heterocycles. The van der Waals surface area contributed by atoms with Crippen molar-refractivity contribution in [1.82, 2.24) is 19.9 Å². The van der Waals surface area contributed by atoms with Gasteiger partial charge in [0.25, 0.3) is 0 Å². The van der Waals surface area contributed by atoms with Crippen molar-refractivity contribution in [2.75, 3.05) is 5.32 Å². The molecule has 1 aliphatic carbocycles. The number of rotatable bonds is 4. The first kappa shape index (κ1) is 22.1. The molecule has 33 heavy (non-hydrogen) atoms. The quantitative estimate of drug-likeness (QED) is 0.505. The summed E-state index contributed by atoms with van der Waals surface area (Å²) in [5.41, 5.74) is 2.19. The van der Waals surface area contributed by atoms with Gasteiger partial charge in [0.15, 0.2) is 17.5 Å². The van der Waals surface area contributed by atoms with Gasteiger partial charge in [-0.15, -0.1) is 0 Å². The van der Waals surface area contributed by atoms with E-state index >= 15 is 0 Å². The smallest absolute Gasteiger partial charge is 0.241 e. The van der Waals surface area contributed by atoms with Gasteiger partial charge in [-0.1, -0.05) is 20.8 Å². The normalized spacial score (nSPS) is 22.0. The topological polar surface area (TPSA) is 113 Å². The molecule has 3 aromatic rings. The summed E-state index contributed by atoms with van der Waals surface area (Å²) in [6, 6.07) is 4.72. The van der Waals surface area contributed by atoms with Gasteiger partial charge >= 0.3 is 0 Å². The van der Waals surface area contributed by atoms with Gasteiger partial charge in [0.2, 0.25) is 10.0 Å². The van der Waals surface area contributed by atoms with E-state index < -0.39 is 15.8 Å². The van der Waals surface area contributed by atoms with Crippen LogP contribution < -0.4 is 10.0 Å². The number of oxazole rings is 1. The molecule has 3 N–H and O–H groups in total. The van der Waals surface area contributed by atoms with Crippen molar-refractivity contribution in [1.29, 1.82) is 0 Å². The van der Waals surface area contributed by atoms with Gasteiger partial charge in [-0.3, -0.25) is 5.10 Å². The van der Waals surface area contributed by atoms with Crippen LogP contribution >= 0.6 is 0 Å². The largest absolute Gasteiger partial charge is 0.445 e. The van der Waals surface area contributed by atoms with Crippen LogP contribution in [0, 0.1) is 12.7 Å². The number of benzene rings is 1. The monoisotopic (exact) mass is 473 g/mol. The number of nitrogens with one attached hydrogen (secondary N) is 3. The van der Waals surface area contributed by atoms with Crippen LogP contribution in [0.4, 0.5) is 15.9 Å². The van der Waals surface area contributed by atoms with E-state index in [1.807, 2.05) is 13.0 Å². The molecule has 5 rings (SSSR count). The maximum absolute atomic E-state index is 14.8. The second kappa shape index (κ2) is 7.66. The average Bonchev–Trinajstić information content (AvgIpc) is 3.49. The highest BCUT2D eigenvalue weighted by atomic mass is 32.2. The molecule has 0 spiro atoms. The lowest BCUT2D eigenvalue weighted by Crippen LogP contribution is -2.13. The third-order valence-electron chi connectivity index (χ3n) is 6.51. The Hall–Kier alpha value is -2.72. The number of sulfonamides is 1. The minimum absolute atomic E-state index is 0.0124. The summed E-state index contributed by atoms with van der Waals surface area (Å²) in [5, 5.41) is 10.3. The molecule has 10 heteroatoms. The van der Waals surface area contributed by atoms with E-state index in [0.717, 1.165) is 42.3 Å². The number of anilines is 2. The predicted octanol–water partition coefficient (Wildman–Crippen LogP) is 4.73. The maximum Gasteiger partial charge on any atom is 0.241 e. The van der Waals surface area contributed by atoms with Crippen LogP contribution in [-0.2, 0) is 22.0 Å². The molecule has 176 valence electrons. The molecule has 1 aromatic carbocycles. The lowest BCUT2D eigenvalue weighted by Gasteiger charge is -2.15. The number of H-pyrrole nitrogens is 1. The number of aromatic nitrogens is 3. The van der Waals surface area contributed by atoms with E-state index in [2.05, 4.69) is 41.0 Å². The second-order valence-electron chi connectivity index (χ2n) is 9.99. The fourth-order valence-electron chi connectivity index (χ4n) is 4.89. The van der Waals surface area contributed by atoms with E-state index in [1.165, 1.54) is 12.1 Å². The molecule has 0 bridgehead atoms. The minimum atomic E-state index is -3.61.